The molecule has 2 heterocycles. The third-order valence-corrected chi connectivity index (χ3v) is 5.10. The van der Waals surface area contributed by atoms with Gasteiger partial charge in [-0.2, -0.15) is 0 Å². The van der Waals surface area contributed by atoms with Gasteiger partial charge in [0.05, 0.1) is 6.04 Å². The lowest BCUT2D eigenvalue weighted by atomic mass is 10.1. The average molecular weight is 252 g/mol. The highest BCUT2D eigenvalue weighted by atomic mass is 32.1. The number of hydrogen-bond donors (Lipinski definition) is 2. The quantitative estimate of drug-likeness (QED) is 0.650. The van der Waals surface area contributed by atoms with Crippen LogP contribution in [0.3, 0.4) is 0 Å². The highest BCUT2D eigenvalue weighted by molar-refractivity contribution is 7.13. The Morgan fingerprint density at radius 1 is 1.25 bits per heavy atom. The molecule has 2 aromatic heterocycles. The fourth-order valence-corrected chi connectivity index (χ4v) is 3.90. The molecule has 2 aromatic rings. The summed E-state index contributed by atoms with van der Waals surface area (Å²) in [5.74, 6) is 5.69. The summed E-state index contributed by atoms with van der Waals surface area (Å²) in [7, 11) is 0. The van der Waals surface area contributed by atoms with E-state index in [1.54, 1.807) is 11.3 Å². The molecular formula is C12H16N2S2. The summed E-state index contributed by atoms with van der Waals surface area (Å²) in [4.78, 5) is 3.97. The zero-order valence-corrected chi connectivity index (χ0v) is 11.3. The molecule has 2 nitrogen and oxygen atoms in total. The van der Waals surface area contributed by atoms with Gasteiger partial charge in [0.25, 0.3) is 0 Å². The molecule has 0 aliphatic heterocycles. The molecule has 0 radical (unpaired) electrons. The van der Waals surface area contributed by atoms with Crippen LogP contribution in [0.2, 0.25) is 0 Å². The van der Waals surface area contributed by atoms with Gasteiger partial charge in [0, 0.05) is 14.6 Å². The third kappa shape index (κ3) is 2.06. The number of hydrazine groups is 1. The summed E-state index contributed by atoms with van der Waals surface area (Å²) in [5.41, 5.74) is 5.57. The first kappa shape index (κ1) is 11.8. The van der Waals surface area contributed by atoms with Gasteiger partial charge in [-0.05, 0) is 49.4 Å². The van der Waals surface area contributed by atoms with E-state index in [0.29, 0.717) is 0 Å². The van der Waals surface area contributed by atoms with Crippen LogP contribution >= 0.6 is 22.7 Å². The molecule has 0 aliphatic carbocycles. The maximum absolute atomic E-state index is 5.69. The lowest BCUT2D eigenvalue weighted by Crippen LogP contribution is -2.28. The summed E-state index contributed by atoms with van der Waals surface area (Å²) >= 11 is 3.57. The van der Waals surface area contributed by atoms with E-state index in [0.717, 1.165) is 0 Å². The second-order valence-corrected chi connectivity index (χ2v) is 6.19. The van der Waals surface area contributed by atoms with Gasteiger partial charge in [-0.1, -0.05) is 0 Å². The van der Waals surface area contributed by atoms with E-state index in [1.165, 1.54) is 25.8 Å². The molecule has 16 heavy (non-hydrogen) atoms. The van der Waals surface area contributed by atoms with Gasteiger partial charge in [-0.3, -0.25) is 5.84 Å². The Bertz CT molecular complexity index is 465. The molecule has 1 unspecified atom stereocenters. The van der Waals surface area contributed by atoms with Crippen molar-refractivity contribution in [2.45, 2.75) is 26.8 Å². The van der Waals surface area contributed by atoms with Crippen molar-refractivity contribution >= 4 is 22.7 Å². The molecule has 1 atom stereocenters. The van der Waals surface area contributed by atoms with Crippen molar-refractivity contribution in [2.75, 3.05) is 0 Å². The van der Waals surface area contributed by atoms with E-state index in [-0.39, 0.29) is 6.04 Å². The molecule has 4 heteroatoms. The van der Waals surface area contributed by atoms with Crippen LogP contribution in [0.4, 0.5) is 0 Å². The SMILES string of the molecule is Cc1cc(C(NN)c2sccc2C)sc1C. The second kappa shape index (κ2) is 4.67. The molecule has 0 saturated carbocycles. The maximum atomic E-state index is 5.69. The molecular weight excluding hydrogens is 236 g/mol. The number of hydrogen-bond acceptors (Lipinski definition) is 4. The molecule has 2 rings (SSSR count). The standard InChI is InChI=1S/C12H16N2S2/c1-7-4-5-15-12(7)11(14-13)10-6-8(2)9(3)16-10/h4-6,11,14H,13H2,1-3H3. The zero-order valence-electron chi connectivity index (χ0n) is 9.70. The number of thiophene rings is 2. The van der Waals surface area contributed by atoms with Gasteiger partial charge in [0.1, 0.15) is 0 Å². The molecule has 0 aliphatic rings. The Kier molecular flexibility index (Phi) is 3.44. The highest BCUT2D eigenvalue weighted by Crippen LogP contribution is 2.34. The van der Waals surface area contributed by atoms with E-state index in [2.05, 4.69) is 43.7 Å². The van der Waals surface area contributed by atoms with Crippen molar-refractivity contribution in [1.29, 1.82) is 0 Å². The minimum Gasteiger partial charge on any atom is -0.271 e. The first-order chi connectivity index (χ1) is 7.63. The zero-order chi connectivity index (χ0) is 11.7. The summed E-state index contributed by atoms with van der Waals surface area (Å²) in [6.45, 7) is 6.42. The summed E-state index contributed by atoms with van der Waals surface area (Å²) in [6.07, 6.45) is 0. The Morgan fingerprint density at radius 2 is 2.00 bits per heavy atom. The van der Waals surface area contributed by atoms with Crippen LogP contribution in [0.5, 0.6) is 0 Å². The maximum Gasteiger partial charge on any atom is 0.0897 e. The van der Waals surface area contributed by atoms with Crippen molar-refractivity contribution < 1.29 is 0 Å². The van der Waals surface area contributed by atoms with Crippen molar-refractivity contribution in [2.24, 2.45) is 5.84 Å². The molecule has 0 spiro atoms. The van der Waals surface area contributed by atoms with Crippen molar-refractivity contribution in [1.82, 2.24) is 5.43 Å². The molecule has 3 N–H and O–H groups in total. The number of nitrogens with two attached hydrogens (primary N) is 1. The summed E-state index contributed by atoms with van der Waals surface area (Å²) in [5, 5.41) is 2.11. The van der Waals surface area contributed by atoms with Crippen LogP contribution in [0.25, 0.3) is 0 Å². The lowest BCUT2D eigenvalue weighted by molar-refractivity contribution is 0.653. The van der Waals surface area contributed by atoms with E-state index in [9.17, 15) is 0 Å². The van der Waals surface area contributed by atoms with Crippen LogP contribution in [-0.2, 0) is 0 Å². The van der Waals surface area contributed by atoms with Crippen LogP contribution in [-0.4, -0.2) is 0 Å². The van der Waals surface area contributed by atoms with Crippen LogP contribution in [0, 0.1) is 20.8 Å². The van der Waals surface area contributed by atoms with E-state index < -0.39 is 0 Å². The van der Waals surface area contributed by atoms with Gasteiger partial charge in [-0.25, -0.2) is 5.43 Å². The predicted molar refractivity (Wildman–Crippen MR) is 72.0 cm³/mol. The first-order valence-corrected chi connectivity index (χ1v) is 6.90. The highest BCUT2D eigenvalue weighted by Gasteiger charge is 2.18. The largest absolute Gasteiger partial charge is 0.271 e. The monoisotopic (exact) mass is 252 g/mol. The Morgan fingerprint density at radius 3 is 2.44 bits per heavy atom. The fourth-order valence-electron chi connectivity index (χ4n) is 1.71. The Balaban J connectivity index is 2.40. The number of rotatable bonds is 3. The molecule has 0 amide bonds. The first-order valence-electron chi connectivity index (χ1n) is 5.20. The Labute approximate surface area is 104 Å². The van der Waals surface area contributed by atoms with Gasteiger partial charge in [0.2, 0.25) is 0 Å². The van der Waals surface area contributed by atoms with E-state index >= 15 is 0 Å². The van der Waals surface area contributed by atoms with E-state index in [4.69, 9.17) is 5.84 Å². The molecule has 86 valence electrons. The summed E-state index contributed by atoms with van der Waals surface area (Å²) < 4.78 is 0. The second-order valence-electron chi connectivity index (χ2n) is 3.96. The van der Waals surface area contributed by atoms with Gasteiger partial charge < -0.3 is 0 Å². The predicted octanol–water partition coefficient (Wildman–Crippen LogP) is 3.29. The van der Waals surface area contributed by atoms with Crippen LogP contribution in [0.1, 0.15) is 31.8 Å². The van der Waals surface area contributed by atoms with Gasteiger partial charge >= 0.3 is 0 Å². The van der Waals surface area contributed by atoms with Crippen molar-refractivity contribution in [3.63, 3.8) is 0 Å². The van der Waals surface area contributed by atoms with Crippen molar-refractivity contribution in [3.8, 4) is 0 Å². The topological polar surface area (TPSA) is 38.0 Å². The fraction of sp³-hybridized carbons (Fsp3) is 0.333. The normalized spacial score (nSPS) is 13.0. The van der Waals surface area contributed by atoms with E-state index in [1.807, 2.05) is 11.3 Å². The third-order valence-electron chi connectivity index (χ3n) is 2.80. The van der Waals surface area contributed by atoms with Crippen molar-refractivity contribution in [3.05, 3.63) is 43.3 Å². The average Bonchev–Trinajstić information content (AvgIpc) is 2.78. The van der Waals surface area contributed by atoms with Crippen LogP contribution in [0.15, 0.2) is 17.5 Å². The minimum absolute atomic E-state index is 0.136. The summed E-state index contributed by atoms with van der Waals surface area (Å²) in [6, 6.07) is 4.50. The van der Waals surface area contributed by atoms with Crippen LogP contribution < -0.4 is 11.3 Å². The number of nitrogens with one attached hydrogen (secondary N) is 1. The molecule has 0 saturated heterocycles. The Hall–Kier alpha value is -0.680. The van der Waals surface area contributed by atoms with Gasteiger partial charge in [0.15, 0.2) is 0 Å². The molecule has 0 bridgehead atoms. The lowest BCUT2D eigenvalue weighted by Gasteiger charge is -2.13. The molecule has 0 aromatic carbocycles. The smallest absolute Gasteiger partial charge is 0.0897 e. The number of aryl methyl sites for hydroxylation is 3. The minimum atomic E-state index is 0.136. The molecule has 0 fully saturated rings. The van der Waals surface area contributed by atoms with Gasteiger partial charge in [-0.15, -0.1) is 22.7 Å².